The van der Waals surface area contributed by atoms with Gasteiger partial charge in [-0.15, -0.1) is 11.8 Å². The number of anilines is 1. The summed E-state index contributed by atoms with van der Waals surface area (Å²) in [7, 11) is 0. The molecule has 0 bridgehead atoms. The molecule has 0 radical (unpaired) electrons. The van der Waals surface area contributed by atoms with E-state index < -0.39 is 5.97 Å². The maximum absolute atomic E-state index is 12.4. The molecule has 0 saturated heterocycles. The number of nitrogens with one attached hydrogen (secondary N) is 1. The third kappa shape index (κ3) is 15.9. The molecule has 0 aliphatic heterocycles. The van der Waals surface area contributed by atoms with Crippen LogP contribution in [0.2, 0.25) is 0 Å². The number of hydrogen-bond acceptors (Lipinski definition) is 4. The zero-order chi connectivity index (χ0) is 29.5. The predicted molar refractivity (Wildman–Crippen MR) is 174 cm³/mol. The molecule has 0 fully saturated rings. The molecule has 5 nitrogen and oxygen atoms in total. The third-order valence-corrected chi connectivity index (χ3v) is 8.34. The molecule has 2 rings (SSSR count). The average Bonchev–Trinajstić information content (AvgIpc) is 2.98. The number of benzene rings is 2. The Morgan fingerprint density at radius 3 is 1.80 bits per heavy atom. The average molecular weight is 584 g/mol. The van der Waals surface area contributed by atoms with Gasteiger partial charge in [0.25, 0.3) is 0 Å². The highest BCUT2D eigenvalue weighted by molar-refractivity contribution is 7.98. The minimum atomic E-state index is -0.998. The summed E-state index contributed by atoms with van der Waals surface area (Å²) in [6.07, 6.45) is 24.6. The van der Waals surface area contributed by atoms with Crippen molar-refractivity contribution in [1.29, 1.82) is 0 Å². The van der Waals surface area contributed by atoms with Crippen LogP contribution in [0.4, 0.5) is 5.69 Å². The highest BCUT2D eigenvalue weighted by Crippen LogP contribution is 2.24. The molecule has 228 valence electrons. The van der Waals surface area contributed by atoms with E-state index in [1.165, 1.54) is 114 Å². The molecule has 2 aromatic rings. The van der Waals surface area contributed by atoms with Gasteiger partial charge in [-0.05, 0) is 55.0 Å². The second kappa shape index (κ2) is 22.2. The summed E-state index contributed by atoms with van der Waals surface area (Å²) < 4.78 is 5.91. The van der Waals surface area contributed by atoms with E-state index in [0.29, 0.717) is 23.4 Å². The number of aromatic carboxylic acids is 1. The van der Waals surface area contributed by atoms with Crippen LogP contribution in [0.1, 0.15) is 132 Å². The number of ether oxygens (including phenoxy) is 1. The summed E-state index contributed by atoms with van der Waals surface area (Å²) >= 11 is 1.37. The van der Waals surface area contributed by atoms with Gasteiger partial charge in [0, 0.05) is 17.0 Å². The van der Waals surface area contributed by atoms with Crippen molar-refractivity contribution >= 4 is 29.3 Å². The fraction of sp³-hybridized carbons (Fsp3) is 0.600. The highest BCUT2D eigenvalue weighted by atomic mass is 32.2. The first kappa shape index (κ1) is 34.7. The molecule has 41 heavy (non-hydrogen) atoms. The number of carboxylic acids is 1. The van der Waals surface area contributed by atoms with Crippen LogP contribution in [0.15, 0.2) is 47.4 Å². The first-order valence-electron chi connectivity index (χ1n) is 16.0. The van der Waals surface area contributed by atoms with Gasteiger partial charge in [-0.2, -0.15) is 0 Å². The van der Waals surface area contributed by atoms with Crippen LogP contribution in [0.3, 0.4) is 0 Å². The molecule has 0 spiro atoms. The van der Waals surface area contributed by atoms with E-state index in [4.69, 9.17) is 4.74 Å². The van der Waals surface area contributed by atoms with Gasteiger partial charge in [-0.25, -0.2) is 4.79 Å². The Bertz CT molecular complexity index is 992. The molecular weight excluding hydrogens is 530 g/mol. The predicted octanol–water partition coefficient (Wildman–Crippen LogP) is 10.3. The van der Waals surface area contributed by atoms with Crippen molar-refractivity contribution in [2.24, 2.45) is 0 Å². The van der Waals surface area contributed by atoms with E-state index in [1.807, 2.05) is 30.5 Å². The molecule has 0 unspecified atom stereocenters. The zero-order valence-corrected chi connectivity index (χ0v) is 26.4. The lowest BCUT2D eigenvalue weighted by molar-refractivity contribution is -0.116. The van der Waals surface area contributed by atoms with Gasteiger partial charge in [0.15, 0.2) is 0 Å². The Labute approximate surface area is 253 Å². The smallest absolute Gasteiger partial charge is 0.336 e. The van der Waals surface area contributed by atoms with Gasteiger partial charge in [-0.1, -0.05) is 115 Å². The van der Waals surface area contributed by atoms with E-state index in [2.05, 4.69) is 12.2 Å². The van der Waals surface area contributed by atoms with Crippen LogP contribution >= 0.6 is 11.8 Å². The molecule has 0 aliphatic rings. The summed E-state index contributed by atoms with van der Waals surface area (Å²) in [6, 6.07) is 12.9. The number of thioether (sulfide) groups is 1. The molecule has 2 aromatic carbocycles. The van der Waals surface area contributed by atoms with Gasteiger partial charge in [0.05, 0.1) is 12.2 Å². The van der Waals surface area contributed by atoms with E-state index >= 15 is 0 Å². The highest BCUT2D eigenvalue weighted by Gasteiger charge is 2.12. The van der Waals surface area contributed by atoms with Crippen molar-refractivity contribution in [1.82, 2.24) is 0 Å². The number of aryl methyl sites for hydroxylation is 1. The van der Waals surface area contributed by atoms with Crippen molar-refractivity contribution in [2.45, 2.75) is 127 Å². The third-order valence-electron chi connectivity index (χ3n) is 7.54. The Morgan fingerprint density at radius 2 is 1.29 bits per heavy atom. The fourth-order valence-electron chi connectivity index (χ4n) is 5.03. The minimum Gasteiger partial charge on any atom is -0.494 e. The first-order valence-corrected chi connectivity index (χ1v) is 17.2. The largest absolute Gasteiger partial charge is 0.494 e. The van der Waals surface area contributed by atoms with Crippen molar-refractivity contribution < 1.29 is 19.4 Å². The summed E-state index contributed by atoms with van der Waals surface area (Å²) in [5.74, 6) is -0.265. The van der Waals surface area contributed by atoms with Crippen LogP contribution < -0.4 is 10.1 Å². The first-order chi connectivity index (χ1) is 20.0. The Kier molecular flexibility index (Phi) is 18.8. The van der Waals surface area contributed by atoms with Crippen LogP contribution in [-0.2, 0) is 11.2 Å². The number of rotatable bonds is 24. The van der Waals surface area contributed by atoms with Gasteiger partial charge < -0.3 is 15.2 Å². The SMILES string of the molecule is CCCCCCCCCCCCCCCCCCOc1ccc(CCC(=O)Nc2ccc(SC)c(C(=O)O)c2)cc1. The minimum absolute atomic E-state index is 0.137. The number of carbonyl (C=O) groups is 2. The lowest BCUT2D eigenvalue weighted by Gasteiger charge is -2.09. The number of hydrogen-bond donors (Lipinski definition) is 2. The van der Waals surface area contributed by atoms with Crippen LogP contribution in [0, 0.1) is 0 Å². The molecule has 1 amide bonds. The lowest BCUT2D eigenvalue weighted by Crippen LogP contribution is -2.13. The molecular formula is C35H53NO4S. The number of amides is 1. The van der Waals surface area contributed by atoms with E-state index in [-0.39, 0.29) is 11.5 Å². The quantitative estimate of drug-likeness (QED) is 0.0949. The second-order valence-corrected chi connectivity index (χ2v) is 11.9. The molecule has 0 saturated carbocycles. The molecule has 0 atom stereocenters. The molecule has 0 aromatic heterocycles. The van der Waals surface area contributed by atoms with Crippen molar-refractivity contribution in [3.63, 3.8) is 0 Å². The van der Waals surface area contributed by atoms with E-state index in [0.717, 1.165) is 24.3 Å². The normalized spacial score (nSPS) is 11.0. The number of carboxylic acid groups (broad SMARTS) is 1. The molecule has 0 heterocycles. The van der Waals surface area contributed by atoms with Crippen molar-refractivity contribution in [3.05, 3.63) is 53.6 Å². The van der Waals surface area contributed by atoms with Gasteiger partial charge in [0.2, 0.25) is 5.91 Å². The number of carbonyl (C=O) groups excluding carboxylic acids is 1. The maximum atomic E-state index is 12.4. The van der Waals surface area contributed by atoms with Crippen LogP contribution in [0.5, 0.6) is 5.75 Å². The summed E-state index contributed by atoms with van der Waals surface area (Å²) in [6.45, 7) is 3.02. The summed E-state index contributed by atoms with van der Waals surface area (Å²) in [5, 5.41) is 12.2. The standard InChI is InChI=1S/C35H53NO4S/c1-3-4-5-6-7-8-9-10-11-12-13-14-15-16-17-18-27-40-31-23-19-29(20-24-31)21-26-34(37)36-30-22-25-33(41-2)32(28-30)35(38)39/h19-20,22-25,28H,3-18,21,26-27H2,1-2H3,(H,36,37)(H,38,39). The van der Waals surface area contributed by atoms with Crippen LogP contribution in [-0.4, -0.2) is 29.8 Å². The lowest BCUT2D eigenvalue weighted by atomic mass is 10.0. The second-order valence-electron chi connectivity index (χ2n) is 11.1. The van der Waals surface area contributed by atoms with E-state index in [1.54, 1.807) is 12.1 Å². The zero-order valence-electron chi connectivity index (χ0n) is 25.6. The summed E-state index contributed by atoms with van der Waals surface area (Å²) in [4.78, 5) is 24.5. The van der Waals surface area contributed by atoms with E-state index in [9.17, 15) is 14.7 Å². The molecule has 6 heteroatoms. The van der Waals surface area contributed by atoms with Gasteiger partial charge in [0.1, 0.15) is 5.75 Å². The Balaban J connectivity index is 1.47. The maximum Gasteiger partial charge on any atom is 0.336 e. The molecule has 0 aliphatic carbocycles. The Hall–Kier alpha value is -2.47. The van der Waals surface area contributed by atoms with Crippen molar-refractivity contribution in [3.8, 4) is 5.75 Å². The number of unbranched alkanes of at least 4 members (excludes halogenated alkanes) is 15. The summed E-state index contributed by atoms with van der Waals surface area (Å²) in [5.41, 5.74) is 1.77. The van der Waals surface area contributed by atoms with Crippen molar-refractivity contribution in [2.75, 3.05) is 18.2 Å². The fourth-order valence-corrected chi connectivity index (χ4v) is 5.60. The van der Waals surface area contributed by atoms with Gasteiger partial charge in [-0.3, -0.25) is 4.79 Å². The molecule has 2 N–H and O–H groups in total. The topological polar surface area (TPSA) is 75.6 Å². The van der Waals surface area contributed by atoms with Crippen LogP contribution in [0.25, 0.3) is 0 Å². The Morgan fingerprint density at radius 1 is 0.756 bits per heavy atom. The van der Waals surface area contributed by atoms with Gasteiger partial charge >= 0.3 is 5.97 Å². The monoisotopic (exact) mass is 583 g/mol.